The Morgan fingerprint density at radius 2 is 1.96 bits per heavy atom. The highest BCUT2D eigenvalue weighted by atomic mass is 16.5. The molecule has 0 spiro atoms. The Morgan fingerprint density at radius 3 is 2.54 bits per heavy atom. The second-order valence-electron chi connectivity index (χ2n) is 6.95. The molecule has 3 rings (SSSR count). The maximum absolute atomic E-state index is 12.3. The molecule has 1 saturated carbocycles. The summed E-state index contributed by atoms with van der Waals surface area (Å²) in [5, 5.41) is 3.05. The molecule has 132 valence electrons. The first-order valence-corrected chi connectivity index (χ1v) is 8.97. The molecule has 1 N–H and O–H groups in total. The molecule has 0 bridgehead atoms. The zero-order valence-electron chi connectivity index (χ0n) is 14.5. The number of methoxy groups -OCH3 is 1. The second kappa shape index (κ2) is 7.88. The van der Waals surface area contributed by atoms with Gasteiger partial charge in [-0.3, -0.25) is 0 Å². The third-order valence-electron chi connectivity index (χ3n) is 5.39. The van der Waals surface area contributed by atoms with Crippen LogP contribution in [0.3, 0.4) is 0 Å². The summed E-state index contributed by atoms with van der Waals surface area (Å²) in [6.45, 7) is 2.95. The topological polar surface area (TPSA) is 50.8 Å². The van der Waals surface area contributed by atoms with Gasteiger partial charge in [0.15, 0.2) is 0 Å². The Balaban J connectivity index is 1.36. The highest BCUT2D eigenvalue weighted by molar-refractivity contribution is 5.74. The highest BCUT2D eigenvalue weighted by Crippen LogP contribution is 2.34. The van der Waals surface area contributed by atoms with Gasteiger partial charge in [-0.15, -0.1) is 0 Å². The van der Waals surface area contributed by atoms with Crippen LogP contribution in [0.5, 0.6) is 5.75 Å². The molecule has 1 heterocycles. The number of carbonyl (C=O) groups excluding carboxylic acids is 1. The van der Waals surface area contributed by atoms with Crippen LogP contribution in [-0.2, 0) is 4.74 Å². The van der Waals surface area contributed by atoms with E-state index in [1.807, 2.05) is 35.2 Å². The number of amides is 2. The number of ether oxygens (including phenoxy) is 2. The lowest BCUT2D eigenvalue weighted by Crippen LogP contribution is -2.53. The largest absolute Gasteiger partial charge is 0.493 e. The molecule has 1 aliphatic heterocycles. The van der Waals surface area contributed by atoms with E-state index < -0.39 is 0 Å². The fourth-order valence-electron chi connectivity index (χ4n) is 3.41. The molecule has 1 aromatic carbocycles. The number of piperidine rings is 1. The second-order valence-corrected chi connectivity index (χ2v) is 6.95. The summed E-state index contributed by atoms with van der Waals surface area (Å²) < 4.78 is 11.4. The minimum atomic E-state index is -0.114. The standard InChI is InChI=1S/C19H28N2O3/c1-23-19(10-5-11-19)15-20-18(22)21-12-8-16(9-13-21)14-24-17-6-3-2-4-7-17/h2-4,6-7,16H,5,8-15H2,1H3,(H,20,22). The summed E-state index contributed by atoms with van der Waals surface area (Å²) in [5.74, 6) is 1.44. The highest BCUT2D eigenvalue weighted by Gasteiger charge is 2.37. The van der Waals surface area contributed by atoms with Crippen LogP contribution >= 0.6 is 0 Å². The fraction of sp³-hybridized carbons (Fsp3) is 0.632. The number of hydrogen-bond acceptors (Lipinski definition) is 3. The summed E-state index contributed by atoms with van der Waals surface area (Å²) in [6.07, 6.45) is 5.27. The number of hydrogen-bond donors (Lipinski definition) is 1. The first kappa shape index (κ1) is 17.1. The minimum Gasteiger partial charge on any atom is -0.493 e. The average Bonchev–Trinajstić information content (AvgIpc) is 2.60. The van der Waals surface area contributed by atoms with Crippen molar-refractivity contribution in [1.82, 2.24) is 10.2 Å². The molecule has 1 aliphatic carbocycles. The van der Waals surface area contributed by atoms with Crippen molar-refractivity contribution in [2.75, 3.05) is 33.4 Å². The van der Waals surface area contributed by atoms with E-state index >= 15 is 0 Å². The first-order chi connectivity index (χ1) is 11.7. The third kappa shape index (κ3) is 4.20. The van der Waals surface area contributed by atoms with Crippen LogP contribution < -0.4 is 10.1 Å². The molecule has 2 fully saturated rings. The Bertz CT molecular complexity index is 517. The van der Waals surface area contributed by atoms with Gasteiger partial charge < -0.3 is 19.7 Å². The third-order valence-corrected chi connectivity index (χ3v) is 5.39. The van der Waals surface area contributed by atoms with Crippen molar-refractivity contribution in [3.63, 3.8) is 0 Å². The lowest BCUT2D eigenvalue weighted by molar-refractivity contribution is -0.0679. The molecular weight excluding hydrogens is 304 g/mol. The molecule has 2 aliphatic rings. The van der Waals surface area contributed by atoms with Crippen LogP contribution in [0.2, 0.25) is 0 Å². The van der Waals surface area contributed by atoms with Crippen molar-refractivity contribution < 1.29 is 14.3 Å². The smallest absolute Gasteiger partial charge is 0.317 e. The van der Waals surface area contributed by atoms with E-state index in [1.54, 1.807) is 7.11 Å². The van der Waals surface area contributed by atoms with Gasteiger partial charge in [0, 0.05) is 26.7 Å². The van der Waals surface area contributed by atoms with Gasteiger partial charge in [-0.25, -0.2) is 4.79 Å². The first-order valence-electron chi connectivity index (χ1n) is 8.97. The number of likely N-dealkylation sites (tertiary alicyclic amines) is 1. The number of nitrogens with zero attached hydrogens (tertiary/aromatic N) is 1. The molecule has 0 unspecified atom stereocenters. The molecule has 1 saturated heterocycles. The van der Waals surface area contributed by atoms with E-state index in [4.69, 9.17) is 9.47 Å². The Labute approximate surface area is 144 Å². The van der Waals surface area contributed by atoms with Gasteiger partial charge in [-0.2, -0.15) is 0 Å². The van der Waals surface area contributed by atoms with Crippen molar-refractivity contribution in [3.05, 3.63) is 30.3 Å². The minimum absolute atomic E-state index is 0.0424. The maximum Gasteiger partial charge on any atom is 0.317 e. The Hall–Kier alpha value is -1.75. The number of carbonyl (C=O) groups is 1. The lowest BCUT2D eigenvalue weighted by atomic mass is 9.80. The van der Waals surface area contributed by atoms with Crippen molar-refractivity contribution in [2.45, 2.75) is 37.7 Å². The molecule has 1 aromatic rings. The SMILES string of the molecule is COC1(CNC(=O)N2CCC(COc3ccccc3)CC2)CCC1. The van der Waals surface area contributed by atoms with Gasteiger partial charge in [0.2, 0.25) is 0 Å². The van der Waals surface area contributed by atoms with Gasteiger partial charge in [-0.1, -0.05) is 18.2 Å². The maximum atomic E-state index is 12.3. The van der Waals surface area contributed by atoms with Crippen molar-refractivity contribution in [1.29, 1.82) is 0 Å². The van der Waals surface area contributed by atoms with E-state index in [-0.39, 0.29) is 11.6 Å². The summed E-state index contributed by atoms with van der Waals surface area (Å²) >= 11 is 0. The molecule has 2 amide bonds. The van der Waals surface area contributed by atoms with Crippen LogP contribution in [0.4, 0.5) is 4.79 Å². The van der Waals surface area contributed by atoms with Gasteiger partial charge in [-0.05, 0) is 50.2 Å². The van der Waals surface area contributed by atoms with Crippen LogP contribution in [0.1, 0.15) is 32.1 Å². The predicted molar refractivity (Wildman–Crippen MR) is 93.2 cm³/mol. The van der Waals surface area contributed by atoms with Gasteiger partial charge in [0.05, 0.1) is 12.2 Å². The van der Waals surface area contributed by atoms with E-state index in [0.717, 1.165) is 51.1 Å². The fourth-order valence-corrected chi connectivity index (χ4v) is 3.41. The van der Waals surface area contributed by atoms with Crippen molar-refractivity contribution in [2.24, 2.45) is 5.92 Å². The molecule has 0 atom stereocenters. The number of urea groups is 1. The predicted octanol–water partition coefficient (Wildman–Crippen LogP) is 3.06. The molecule has 24 heavy (non-hydrogen) atoms. The van der Waals surface area contributed by atoms with Crippen LogP contribution in [0.15, 0.2) is 30.3 Å². The van der Waals surface area contributed by atoms with E-state index in [9.17, 15) is 4.79 Å². The summed E-state index contributed by atoms with van der Waals surface area (Å²) in [7, 11) is 1.74. The number of rotatable bonds is 6. The number of nitrogens with one attached hydrogen (secondary N) is 1. The molecule has 0 aromatic heterocycles. The zero-order chi connectivity index (χ0) is 16.8. The van der Waals surface area contributed by atoms with E-state index in [0.29, 0.717) is 12.5 Å². The number of para-hydroxylation sites is 1. The summed E-state index contributed by atoms with van der Waals surface area (Å²) in [6, 6.07) is 9.96. The zero-order valence-corrected chi connectivity index (χ0v) is 14.5. The Morgan fingerprint density at radius 1 is 1.25 bits per heavy atom. The molecule has 0 radical (unpaired) electrons. The average molecular weight is 332 g/mol. The van der Waals surface area contributed by atoms with E-state index in [1.165, 1.54) is 6.42 Å². The summed E-state index contributed by atoms with van der Waals surface area (Å²) in [5.41, 5.74) is -0.114. The van der Waals surface area contributed by atoms with Crippen molar-refractivity contribution in [3.8, 4) is 5.75 Å². The van der Waals surface area contributed by atoms with Crippen LogP contribution in [0.25, 0.3) is 0 Å². The summed E-state index contributed by atoms with van der Waals surface area (Å²) in [4.78, 5) is 14.2. The Kier molecular flexibility index (Phi) is 5.61. The van der Waals surface area contributed by atoms with Crippen LogP contribution in [0, 0.1) is 5.92 Å². The molecule has 5 heteroatoms. The van der Waals surface area contributed by atoms with E-state index in [2.05, 4.69) is 5.32 Å². The normalized spacial score (nSPS) is 20.3. The van der Waals surface area contributed by atoms with Gasteiger partial charge >= 0.3 is 6.03 Å². The monoisotopic (exact) mass is 332 g/mol. The number of benzene rings is 1. The molecule has 5 nitrogen and oxygen atoms in total. The van der Waals surface area contributed by atoms with Gasteiger partial charge in [0.25, 0.3) is 0 Å². The lowest BCUT2D eigenvalue weighted by Gasteiger charge is -2.41. The van der Waals surface area contributed by atoms with Gasteiger partial charge in [0.1, 0.15) is 5.75 Å². The van der Waals surface area contributed by atoms with Crippen LogP contribution in [-0.4, -0.2) is 49.9 Å². The molecular formula is C19H28N2O3. The van der Waals surface area contributed by atoms with Crippen molar-refractivity contribution >= 4 is 6.03 Å². The quantitative estimate of drug-likeness (QED) is 0.871.